The number of nitrogens with zero attached hydrogens (tertiary/aromatic N) is 1. The van der Waals surface area contributed by atoms with E-state index < -0.39 is 5.82 Å². The van der Waals surface area contributed by atoms with Crippen molar-refractivity contribution >= 4 is 17.5 Å². The third-order valence-electron chi connectivity index (χ3n) is 3.32. The summed E-state index contributed by atoms with van der Waals surface area (Å²) in [4.78, 5) is 13.9. The quantitative estimate of drug-likeness (QED) is 0.894. The second-order valence-electron chi connectivity index (χ2n) is 4.52. The van der Waals surface area contributed by atoms with Gasteiger partial charge in [0.05, 0.1) is 10.6 Å². The second kappa shape index (κ2) is 5.67. The van der Waals surface area contributed by atoms with E-state index in [1.54, 1.807) is 18.0 Å². The summed E-state index contributed by atoms with van der Waals surface area (Å²) in [7, 11) is 1.74. The molecule has 1 aliphatic rings. The summed E-state index contributed by atoms with van der Waals surface area (Å²) >= 11 is 5.83. The van der Waals surface area contributed by atoms with Crippen molar-refractivity contribution in [1.82, 2.24) is 10.2 Å². The first-order valence-electron chi connectivity index (χ1n) is 6.03. The Bertz CT molecular complexity index is 447. The van der Waals surface area contributed by atoms with Crippen LogP contribution in [-0.2, 0) is 0 Å². The zero-order valence-electron chi connectivity index (χ0n) is 10.2. The van der Waals surface area contributed by atoms with Gasteiger partial charge in [0.2, 0.25) is 0 Å². The highest BCUT2D eigenvalue weighted by atomic mass is 35.5. The van der Waals surface area contributed by atoms with Crippen LogP contribution in [-0.4, -0.2) is 37.0 Å². The van der Waals surface area contributed by atoms with Gasteiger partial charge in [-0.15, -0.1) is 0 Å². The molecule has 0 radical (unpaired) electrons. The fraction of sp³-hybridized carbons (Fsp3) is 0.462. The molecule has 18 heavy (non-hydrogen) atoms. The molecule has 3 nitrogen and oxygen atoms in total. The summed E-state index contributed by atoms with van der Waals surface area (Å²) in [5.74, 6) is -0.786. The van der Waals surface area contributed by atoms with E-state index in [1.807, 2.05) is 0 Å². The standard InChI is InChI=1S/C13H16ClFN2O/c1-17(9-4-3-7-16-8-9)13(18)10-5-2-6-11(15)12(10)14/h2,5-6,9,16H,3-4,7-8H2,1H3. The number of hydrogen-bond donors (Lipinski definition) is 1. The van der Waals surface area contributed by atoms with Gasteiger partial charge in [0.1, 0.15) is 5.82 Å². The first-order valence-corrected chi connectivity index (χ1v) is 6.41. The monoisotopic (exact) mass is 270 g/mol. The molecule has 0 saturated carbocycles. The predicted molar refractivity (Wildman–Crippen MR) is 69.4 cm³/mol. The highest BCUT2D eigenvalue weighted by molar-refractivity contribution is 6.34. The minimum absolute atomic E-state index is 0.0990. The van der Waals surface area contributed by atoms with E-state index in [4.69, 9.17) is 11.6 Å². The number of halogens is 2. The number of amides is 1. The molecule has 0 aliphatic carbocycles. The second-order valence-corrected chi connectivity index (χ2v) is 4.90. The highest BCUT2D eigenvalue weighted by Crippen LogP contribution is 2.22. The van der Waals surface area contributed by atoms with Gasteiger partial charge in [-0.25, -0.2) is 4.39 Å². The van der Waals surface area contributed by atoms with Crippen LogP contribution >= 0.6 is 11.6 Å². The molecule has 1 aromatic rings. The van der Waals surface area contributed by atoms with E-state index in [2.05, 4.69) is 5.32 Å². The summed E-state index contributed by atoms with van der Waals surface area (Å²) in [5.41, 5.74) is 0.227. The van der Waals surface area contributed by atoms with Crippen LogP contribution in [0.1, 0.15) is 23.2 Å². The molecule has 1 heterocycles. The van der Waals surface area contributed by atoms with E-state index in [-0.39, 0.29) is 22.5 Å². The molecular weight excluding hydrogens is 255 g/mol. The average Bonchev–Trinajstić information content (AvgIpc) is 2.41. The smallest absolute Gasteiger partial charge is 0.255 e. The lowest BCUT2D eigenvalue weighted by Gasteiger charge is -2.32. The minimum atomic E-state index is -0.558. The van der Waals surface area contributed by atoms with Gasteiger partial charge in [-0.1, -0.05) is 17.7 Å². The number of piperidine rings is 1. The number of carbonyl (C=O) groups excluding carboxylic acids is 1. The Morgan fingerprint density at radius 1 is 1.56 bits per heavy atom. The van der Waals surface area contributed by atoms with E-state index in [1.165, 1.54) is 12.1 Å². The zero-order chi connectivity index (χ0) is 13.1. The van der Waals surface area contributed by atoms with Gasteiger partial charge in [-0.3, -0.25) is 4.79 Å². The van der Waals surface area contributed by atoms with Crippen LogP contribution < -0.4 is 5.32 Å². The molecular formula is C13H16ClFN2O. The molecule has 1 aromatic carbocycles. The van der Waals surface area contributed by atoms with E-state index in [0.717, 1.165) is 25.9 Å². The van der Waals surface area contributed by atoms with Crippen molar-refractivity contribution in [2.45, 2.75) is 18.9 Å². The molecule has 1 atom stereocenters. The fourth-order valence-corrected chi connectivity index (χ4v) is 2.40. The van der Waals surface area contributed by atoms with Crippen molar-refractivity contribution in [3.05, 3.63) is 34.6 Å². The molecule has 0 aromatic heterocycles. The summed E-state index contributed by atoms with van der Waals surface area (Å²) < 4.78 is 13.3. The molecule has 2 rings (SSSR count). The number of rotatable bonds is 2. The molecule has 1 amide bonds. The van der Waals surface area contributed by atoms with Gasteiger partial charge in [0.15, 0.2) is 0 Å². The molecule has 0 bridgehead atoms. The van der Waals surface area contributed by atoms with Gasteiger partial charge in [-0.2, -0.15) is 0 Å². The number of benzene rings is 1. The van der Waals surface area contributed by atoms with Crippen molar-refractivity contribution < 1.29 is 9.18 Å². The summed E-state index contributed by atoms with van der Waals surface area (Å²) in [6.07, 6.45) is 2.00. The number of hydrogen-bond acceptors (Lipinski definition) is 2. The van der Waals surface area contributed by atoms with Crippen molar-refractivity contribution in [3.8, 4) is 0 Å². The minimum Gasteiger partial charge on any atom is -0.337 e. The SMILES string of the molecule is CN(C(=O)c1cccc(F)c1Cl)C1CCCNC1. The largest absolute Gasteiger partial charge is 0.337 e. The molecule has 1 saturated heterocycles. The average molecular weight is 271 g/mol. The number of likely N-dealkylation sites (N-methyl/N-ethyl adjacent to an activating group) is 1. The van der Waals surface area contributed by atoms with Crippen LogP contribution in [0.25, 0.3) is 0 Å². The Balaban J connectivity index is 2.17. The van der Waals surface area contributed by atoms with Crippen LogP contribution in [0.15, 0.2) is 18.2 Å². The van der Waals surface area contributed by atoms with Crippen molar-refractivity contribution in [2.24, 2.45) is 0 Å². The normalized spacial score (nSPS) is 19.6. The molecule has 1 unspecified atom stereocenters. The first-order chi connectivity index (χ1) is 8.61. The van der Waals surface area contributed by atoms with Crippen LogP contribution in [0, 0.1) is 5.82 Å². The summed E-state index contributed by atoms with van der Waals surface area (Å²) in [5, 5.41) is 3.15. The first kappa shape index (κ1) is 13.3. The Morgan fingerprint density at radius 3 is 3.00 bits per heavy atom. The van der Waals surface area contributed by atoms with Gasteiger partial charge in [0, 0.05) is 19.6 Å². The Kier molecular flexibility index (Phi) is 4.19. The molecule has 1 fully saturated rings. The summed E-state index contributed by atoms with van der Waals surface area (Å²) in [6, 6.07) is 4.45. The maximum absolute atomic E-state index is 13.3. The van der Waals surface area contributed by atoms with Crippen LogP contribution in [0.5, 0.6) is 0 Å². The Hall–Kier alpha value is -1.13. The third-order valence-corrected chi connectivity index (χ3v) is 3.71. The molecule has 0 spiro atoms. The highest BCUT2D eigenvalue weighted by Gasteiger charge is 2.24. The van der Waals surface area contributed by atoms with Crippen LogP contribution in [0.4, 0.5) is 4.39 Å². The van der Waals surface area contributed by atoms with Gasteiger partial charge < -0.3 is 10.2 Å². The maximum Gasteiger partial charge on any atom is 0.255 e. The maximum atomic E-state index is 13.3. The van der Waals surface area contributed by atoms with Crippen LogP contribution in [0.3, 0.4) is 0 Å². The third kappa shape index (κ3) is 2.65. The van der Waals surface area contributed by atoms with Crippen molar-refractivity contribution in [3.63, 3.8) is 0 Å². The zero-order valence-corrected chi connectivity index (χ0v) is 11.0. The number of nitrogens with one attached hydrogen (secondary N) is 1. The van der Waals surface area contributed by atoms with Gasteiger partial charge in [0.25, 0.3) is 5.91 Å². The van der Waals surface area contributed by atoms with Gasteiger partial charge >= 0.3 is 0 Å². The topological polar surface area (TPSA) is 32.3 Å². The lowest BCUT2D eigenvalue weighted by Crippen LogP contribution is -2.46. The molecule has 1 aliphatic heterocycles. The van der Waals surface area contributed by atoms with E-state index in [9.17, 15) is 9.18 Å². The molecule has 5 heteroatoms. The summed E-state index contributed by atoms with van der Waals surface area (Å²) in [6.45, 7) is 1.76. The van der Waals surface area contributed by atoms with Crippen molar-refractivity contribution in [1.29, 1.82) is 0 Å². The van der Waals surface area contributed by atoms with Crippen molar-refractivity contribution in [2.75, 3.05) is 20.1 Å². The van der Waals surface area contributed by atoms with E-state index >= 15 is 0 Å². The lowest BCUT2D eigenvalue weighted by molar-refractivity contribution is 0.0708. The van der Waals surface area contributed by atoms with Gasteiger partial charge in [-0.05, 0) is 31.5 Å². The van der Waals surface area contributed by atoms with E-state index in [0.29, 0.717) is 0 Å². The Labute approximate surface area is 111 Å². The lowest BCUT2D eigenvalue weighted by atomic mass is 10.1. The molecule has 98 valence electrons. The predicted octanol–water partition coefficient (Wildman–Crippen LogP) is 2.30. The number of carbonyl (C=O) groups is 1. The molecule has 1 N–H and O–H groups in total. The fourth-order valence-electron chi connectivity index (χ4n) is 2.19. The Morgan fingerprint density at radius 2 is 2.33 bits per heavy atom. The van der Waals surface area contributed by atoms with Crippen LogP contribution in [0.2, 0.25) is 5.02 Å².